The maximum atomic E-state index is 14.3. The van der Waals surface area contributed by atoms with Crippen LogP contribution in [0.1, 0.15) is 17.5 Å². The summed E-state index contributed by atoms with van der Waals surface area (Å²) < 4.78 is 39.3. The monoisotopic (exact) mass is 361 g/mol. The summed E-state index contributed by atoms with van der Waals surface area (Å²) in [6.07, 6.45) is 0.599. The Morgan fingerprint density at radius 1 is 1.15 bits per heavy atom. The van der Waals surface area contributed by atoms with Gasteiger partial charge in [0, 0.05) is 17.5 Å². The third kappa shape index (κ3) is 3.38. The van der Waals surface area contributed by atoms with Gasteiger partial charge in [-0.25, -0.2) is 8.78 Å². The summed E-state index contributed by atoms with van der Waals surface area (Å²) in [5, 5.41) is 0. The van der Waals surface area contributed by atoms with Crippen molar-refractivity contribution in [1.29, 1.82) is 0 Å². The molecule has 138 valence electrons. The van der Waals surface area contributed by atoms with Gasteiger partial charge < -0.3 is 14.3 Å². The van der Waals surface area contributed by atoms with E-state index in [2.05, 4.69) is 5.48 Å². The van der Waals surface area contributed by atoms with E-state index in [0.29, 0.717) is 31.8 Å². The highest BCUT2D eigenvalue weighted by Crippen LogP contribution is 2.42. The molecule has 2 aliphatic heterocycles. The van der Waals surface area contributed by atoms with Crippen LogP contribution < -0.4 is 5.48 Å². The number of hydrogen-bond acceptors (Lipinski definition) is 4. The molecule has 0 spiro atoms. The van der Waals surface area contributed by atoms with Crippen molar-refractivity contribution in [1.82, 2.24) is 5.48 Å². The van der Waals surface area contributed by atoms with Gasteiger partial charge in [0.05, 0.1) is 38.1 Å². The number of benzene rings is 2. The fourth-order valence-electron chi connectivity index (χ4n) is 3.75. The number of hydroxylamine groups is 1. The van der Waals surface area contributed by atoms with Crippen LogP contribution in [0.25, 0.3) is 0 Å². The van der Waals surface area contributed by atoms with Crippen molar-refractivity contribution in [3.63, 3.8) is 0 Å². The van der Waals surface area contributed by atoms with Crippen LogP contribution in [-0.4, -0.2) is 25.9 Å². The molecule has 0 unspecified atom stereocenters. The van der Waals surface area contributed by atoms with Crippen LogP contribution in [0.15, 0.2) is 48.5 Å². The lowest BCUT2D eigenvalue weighted by atomic mass is 9.75. The Kier molecular flexibility index (Phi) is 5.00. The molecule has 0 aliphatic carbocycles. The molecule has 26 heavy (non-hydrogen) atoms. The average molecular weight is 361 g/mol. The zero-order valence-corrected chi connectivity index (χ0v) is 14.3. The van der Waals surface area contributed by atoms with E-state index in [0.717, 1.165) is 11.6 Å². The predicted molar refractivity (Wildman–Crippen MR) is 91.1 cm³/mol. The number of fused-ring (bicyclic) bond motifs is 1. The number of nitrogens with one attached hydrogen (secondary N) is 1. The van der Waals surface area contributed by atoms with Crippen molar-refractivity contribution in [2.24, 2.45) is 5.92 Å². The molecule has 2 saturated heterocycles. The van der Waals surface area contributed by atoms with Gasteiger partial charge in [-0.3, -0.25) is 0 Å². The lowest BCUT2D eigenvalue weighted by molar-refractivity contribution is -0.0996. The SMILES string of the molecule is Fc1ccc([C@]23CO[C@@H](COCc4ccccc4)C[C@H]2CON3)c(F)c1. The van der Waals surface area contributed by atoms with Crippen LogP contribution in [-0.2, 0) is 26.5 Å². The molecule has 2 aromatic carbocycles. The molecule has 0 bridgehead atoms. The van der Waals surface area contributed by atoms with Gasteiger partial charge in [-0.1, -0.05) is 36.4 Å². The first-order chi connectivity index (χ1) is 12.7. The van der Waals surface area contributed by atoms with Crippen LogP contribution >= 0.6 is 0 Å². The summed E-state index contributed by atoms with van der Waals surface area (Å²) in [5.74, 6) is -1.15. The lowest BCUT2D eigenvalue weighted by Gasteiger charge is -2.41. The van der Waals surface area contributed by atoms with Gasteiger partial charge in [0.25, 0.3) is 0 Å². The minimum atomic E-state index is -0.784. The van der Waals surface area contributed by atoms with Crippen LogP contribution in [0.4, 0.5) is 8.78 Å². The molecule has 0 amide bonds. The molecular weight excluding hydrogens is 340 g/mol. The summed E-state index contributed by atoms with van der Waals surface area (Å²) in [6, 6.07) is 13.6. The summed E-state index contributed by atoms with van der Waals surface area (Å²) in [7, 11) is 0. The summed E-state index contributed by atoms with van der Waals surface area (Å²) in [5.41, 5.74) is 3.63. The first-order valence-corrected chi connectivity index (χ1v) is 8.75. The maximum absolute atomic E-state index is 14.3. The topological polar surface area (TPSA) is 39.7 Å². The smallest absolute Gasteiger partial charge is 0.131 e. The number of halogens is 2. The molecule has 0 radical (unpaired) electrons. The molecule has 1 N–H and O–H groups in total. The Bertz CT molecular complexity index is 758. The number of rotatable bonds is 5. The summed E-state index contributed by atoms with van der Waals surface area (Å²) >= 11 is 0. The molecule has 2 fully saturated rings. The highest BCUT2D eigenvalue weighted by atomic mass is 19.1. The molecule has 6 heteroatoms. The van der Waals surface area contributed by atoms with Crippen LogP contribution in [0.2, 0.25) is 0 Å². The Labute approximate surface area is 151 Å². The molecular formula is C20H21F2NO3. The zero-order valence-electron chi connectivity index (χ0n) is 14.3. The fraction of sp³-hybridized carbons (Fsp3) is 0.400. The van der Waals surface area contributed by atoms with Crippen LogP contribution in [0.3, 0.4) is 0 Å². The van der Waals surface area contributed by atoms with Gasteiger partial charge in [0.2, 0.25) is 0 Å². The lowest BCUT2D eigenvalue weighted by Crippen LogP contribution is -2.52. The van der Waals surface area contributed by atoms with E-state index in [-0.39, 0.29) is 18.6 Å². The molecule has 3 atom stereocenters. The second-order valence-electron chi connectivity index (χ2n) is 6.87. The van der Waals surface area contributed by atoms with Crippen molar-refractivity contribution in [2.75, 3.05) is 19.8 Å². The van der Waals surface area contributed by atoms with E-state index in [4.69, 9.17) is 14.3 Å². The van der Waals surface area contributed by atoms with E-state index in [9.17, 15) is 8.78 Å². The first-order valence-electron chi connectivity index (χ1n) is 8.75. The van der Waals surface area contributed by atoms with Crippen molar-refractivity contribution >= 4 is 0 Å². The molecule has 2 aliphatic rings. The van der Waals surface area contributed by atoms with Gasteiger partial charge in [-0.2, -0.15) is 5.48 Å². The highest BCUT2D eigenvalue weighted by Gasteiger charge is 2.51. The summed E-state index contributed by atoms with van der Waals surface area (Å²) in [4.78, 5) is 5.43. The van der Waals surface area contributed by atoms with Crippen molar-refractivity contribution in [3.05, 3.63) is 71.3 Å². The van der Waals surface area contributed by atoms with Gasteiger partial charge in [-0.15, -0.1) is 0 Å². The number of ether oxygens (including phenoxy) is 2. The van der Waals surface area contributed by atoms with Gasteiger partial charge >= 0.3 is 0 Å². The van der Waals surface area contributed by atoms with E-state index in [1.165, 1.54) is 12.1 Å². The Morgan fingerprint density at radius 2 is 2.00 bits per heavy atom. The Hall–Kier alpha value is -1.86. The standard InChI is InChI=1S/C20H21F2NO3/c21-16-6-7-18(19(22)9-16)20-13-25-17(8-15(20)11-26-23-20)12-24-10-14-4-2-1-3-5-14/h1-7,9,15,17,23H,8,10-13H2/t15-,17+,20-/m0/s1. The van der Waals surface area contributed by atoms with Crippen LogP contribution in [0.5, 0.6) is 0 Å². The quantitative estimate of drug-likeness (QED) is 0.887. The number of hydrogen-bond donors (Lipinski definition) is 1. The van der Waals surface area contributed by atoms with Crippen molar-refractivity contribution in [3.8, 4) is 0 Å². The average Bonchev–Trinajstić information content (AvgIpc) is 3.06. The molecule has 0 saturated carbocycles. The van der Waals surface area contributed by atoms with E-state index >= 15 is 0 Å². The fourth-order valence-corrected chi connectivity index (χ4v) is 3.75. The first kappa shape index (κ1) is 17.5. The van der Waals surface area contributed by atoms with E-state index in [1.807, 2.05) is 30.3 Å². The van der Waals surface area contributed by atoms with Gasteiger partial charge in [0.1, 0.15) is 11.6 Å². The molecule has 4 nitrogen and oxygen atoms in total. The third-order valence-corrected chi connectivity index (χ3v) is 5.16. The highest BCUT2D eigenvalue weighted by molar-refractivity contribution is 5.29. The third-order valence-electron chi connectivity index (χ3n) is 5.16. The molecule has 2 aromatic rings. The van der Waals surface area contributed by atoms with E-state index < -0.39 is 17.2 Å². The summed E-state index contributed by atoms with van der Waals surface area (Å²) in [6.45, 7) is 1.69. The second kappa shape index (κ2) is 7.40. The molecule has 0 aromatic heterocycles. The van der Waals surface area contributed by atoms with Crippen molar-refractivity contribution < 1.29 is 23.1 Å². The molecule has 2 heterocycles. The maximum Gasteiger partial charge on any atom is 0.131 e. The van der Waals surface area contributed by atoms with Gasteiger partial charge in [0.15, 0.2) is 0 Å². The van der Waals surface area contributed by atoms with Gasteiger partial charge in [-0.05, 0) is 18.1 Å². The van der Waals surface area contributed by atoms with Crippen LogP contribution in [0, 0.1) is 17.6 Å². The predicted octanol–water partition coefficient (Wildman–Crippen LogP) is 3.32. The largest absolute Gasteiger partial charge is 0.374 e. The Balaban J connectivity index is 1.40. The van der Waals surface area contributed by atoms with Crippen molar-refractivity contribution in [2.45, 2.75) is 24.7 Å². The Morgan fingerprint density at radius 3 is 2.81 bits per heavy atom. The molecule has 4 rings (SSSR count). The normalized spacial score (nSPS) is 28.1. The minimum Gasteiger partial charge on any atom is -0.374 e. The van der Waals surface area contributed by atoms with E-state index in [1.54, 1.807) is 0 Å². The minimum absolute atomic E-state index is 0.0292. The zero-order chi connectivity index (χ0) is 18.0. The second-order valence-corrected chi connectivity index (χ2v) is 6.87.